The van der Waals surface area contributed by atoms with Crippen molar-refractivity contribution >= 4 is 21.9 Å². The van der Waals surface area contributed by atoms with Crippen LogP contribution < -0.4 is 4.57 Å². The summed E-state index contributed by atoms with van der Waals surface area (Å²) >= 11 is 0. The van der Waals surface area contributed by atoms with Crippen LogP contribution >= 0.6 is 0 Å². The molecule has 3 nitrogen and oxygen atoms in total. The molecule has 2 heterocycles. The van der Waals surface area contributed by atoms with Crippen molar-refractivity contribution in [2.45, 2.75) is 45.4 Å². The van der Waals surface area contributed by atoms with Gasteiger partial charge in [0.2, 0.25) is 5.69 Å². The lowest BCUT2D eigenvalue weighted by Crippen LogP contribution is -2.35. The number of rotatable bonds is 3. The van der Waals surface area contributed by atoms with Gasteiger partial charge in [0.15, 0.2) is 5.69 Å². The first-order valence-corrected chi connectivity index (χ1v) is 12.1. The summed E-state index contributed by atoms with van der Waals surface area (Å²) in [5.41, 5.74) is 7.22. The van der Waals surface area contributed by atoms with Crippen LogP contribution in [-0.4, -0.2) is 0 Å². The average Bonchev–Trinajstić information content (AvgIpc) is 3.62. The molecule has 3 heteroatoms. The van der Waals surface area contributed by atoms with Gasteiger partial charge in [-0.25, -0.2) is 0 Å². The zero-order valence-electron chi connectivity index (χ0n) is 25.2. The van der Waals surface area contributed by atoms with Crippen LogP contribution in [-0.2, 0) is 7.05 Å². The Morgan fingerprint density at radius 3 is 2.51 bits per heavy atom. The lowest BCUT2D eigenvalue weighted by atomic mass is 9.93. The summed E-state index contributed by atoms with van der Waals surface area (Å²) in [7, 11) is 2.04. The average molecular weight is 463 g/mol. The molecule has 0 unspecified atom stereocenters. The van der Waals surface area contributed by atoms with Crippen molar-refractivity contribution < 1.29 is 15.8 Å². The zero-order chi connectivity index (χ0) is 28.5. The summed E-state index contributed by atoms with van der Waals surface area (Å²) < 4.78 is 50.3. The van der Waals surface area contributed by atoms with E-state index in [1.54, 1.807) is 12.1 Å². The Balaban J connectivity index is 1.72. The van der Waals surface area contributed by atoms with E-state index < -0.39 is 18.1 Å². The fourth-order valence-electron chi connectivity index (χ4n) is 5.59. The van der Waals surface area contributed by atoms with Gasteiger partial charge >= 0.3 is 0 Å². The van der Waals surface area contributed by atoms with E-state index in [9.17, 15) is 5.26 Å². The van der Waals surface area contributed by atoms with Gasteiger partial charge < -0.3 is 4.42 Å². The summed E-state index contributed by atoms with van der Waals surface area (Å²) in [6.07, 6.45) is 4.87. The Kier molecular flexibility index (Phi) is 4.00. The Labute approximate surface area is 213 Å². The van der Waals surface area contributed by atoms with Crippen LogP contribution in [0.1, 0.15) is 60.8 Å². The number of hydrogen-bond acceptors (Lipinski definition) is 2. The minimum Gasteiger partial charge on any atom is -0.454 e. The SMILES string of the molecule is [2H]c1c([2H])c([2H])c(-c2ccc(C#N)c3c2oc2c(-c4cc(C5CCCC5)cc(C)[n+]4C)c(C)ccc23)c([2H])c1[2H]. The number of aromatic nitrogens is 1. The van der Waals surface area contributed by atoms with E-state index in [2.05, 4.69) is 29.7 Å². The number of benzene rings is 3. The maximum Gasteiger partial charge on any atom is 0.216 e. The Hall–Kier alpha value is -3.90. The van der Waals surface area contributed by atoms with Gasteiger partial charge in [-0.2, -0.15) is 9.83 Å². The Morgan fingerprint density at radius 2 is 1.77 bits per heavy atom. The molecular weight excluding hydrogens is 428 g/mol. The number of furan rings is 1. The van der Waals surface area contributed by atoms with Crippen LogP contribution in [0.4, 0.5) is 0 Å². The molecule has 0 amide bonds. The summed E-state index contributed by atoms with van der Waals surface area (Å²) in [5.74, 6) is 0.537. The highest BCUT2D eigenvalue weighted by Gasteiger charge is 2.27. The molecule has 2 aromatic heterocycles. The predicted octanol–water partition coefficient (Wildman–Crippen LogP) is 7.89. The summed E-state index contributed by atoms with van der Waals surface area (Å²) in [4.78, 5) is 0. The lowest BCUT2D eigenvalue weighted by molar-refractivity contribution is -0.666. The van der Waals surface area contributed by atoms with E-state index >= 15 is 0 Å². The molecule has 1 saturated carbocycles. The first-order valence-electron chi connectivity index (χ1n) is 14.6. The second-order valence-corrected chi connectivity index (χ2v) is 9.57. The fraction of sp³-hybridized carbons (Fsp3) is 0.250. The predicted molar refractivity (Wildman–Crippen MR) is 141 cm³/mol. The molecule has 172 valence electrons. The first kappa shape index (κ1) is 16.7. The molecule has 0 radical (unpaired) electrons. The molecule has 1 aliphatic rings. The molecule has 0 saturated heterocycles. The van der Waals surface area contributed by atoms with Crippen LogP contribution in [0.5, 0.6) is 0 Å². The number of nitrogens with zero attached hydrogens (tertiary/aromatic N) is 2. The van der Waals surface area contributed by atoms with Crippen molar-refractivity contribution in [3.8, 4) is 28.5 Å². The highest BCUT2D eigenvalue weighted by molar-refractivity contribution is 6.15. The normalized spacial score (nSPS) is 16.1. The van der Waals surface area contributed by atoms with Crippen molar-refractivity contribution in [1.82, 2.24) is 0 Å². The molecule has 1 aliphatic carbocycles. The summed E-state index contributed by atoms with van der Waals surface area (Å²) in [6.45, 7) is 4.15. The van der Waals surface area contributed by atoms with Crippen molar-refractivity contribution in [3.63, 3.8) is 0 Å². The molecular formula is C32H29N2O+. The summed E-state index contributed by atoms with van der Waals surface area (Å²) in [6, 6.07) is 12.2. The largest absolute Gasteiger partial charge is 0.454 e. The van der Waals surface area contributed by atoms with Gasteiger partial charge in [0.25, 0.3) is 0 Å². The fourth-order valence-corrected chi connectivity index (χ4v) is 5.59. The minimum absolute atomic E-state index is 0.0578. The monoisotopic (exact) mass is 462 g/mol. The van der Waals surface area contributed by atoms with Gasteiger partial charge in [-0.1, -0.05) is 55.2 Å². The first-order chi connectivity index (χ1) is 19.1. The number of hydrogen-bond donors (Lipinski definition) is 0. The van der Waals surface area contributed by atoms with E-state index in [4.69, 9.17) is 11.3 Å². The second-order valence-electron chi connectivity index (χ2n) is 9.57. The number of aryl methyl sites for hydroxylation is 2. The maximum atomic E-state index is 10.0. The molecule has 35 heavy (non-hydrogen) atoms. The second kappa shape index (κ2) is 8.40. The van der Waals surface area contributed by atoms with Crippen LogP contribution in [0.25, 0.3) is 44.3 Å². The topological polar surface area (TPSA) is 40.8 Å². The van der Waals surface area contributed by atoms with Crippen LogP contribution in [0.15, 0.2) is 71.0 Å². The third kappa shape index (κ3) is 3.44. The standard InChI is InChI=1S/C32H29N2O/c1-20-13-15-27-30-24(19-33)14-16-26(23-11-5-4-6-12-23)31(30)35-32(27)29(20)28-18-25(17-21(2)34(28)3)22-9-7-8-10-22/h4-6,11-18,22H,7-10H2,1-3H3/q+1/i4D,5D,6D,11D,12D. The van der Waals surface area contributed by atoms with Crippen molar-refractivity contribution in [2.75, 3.05) is 0 Å². The van der Waals surface area contributed by atoms with Crippen molar-refractivity contribution in [1.29, 1.82) is 5.26 Å². The van der Waals surface area contributed by atoms with Gasteiger partial charge in [0.05, 0.1) is 24.0 Å². The summed E-state index contributed by atoms with van der Waals surface area (Å²) in [5, 5.41) is 11.4. The van der Waals surface area contributed by atoms with E-state index in [0.717, 1.165) is 27.9 Å². The van der Waals surface area contributed by atoms with Gasteiger partial charge in [-0.05, 0) is 54.5 Å². The van der Waals surface area contributed by atoms with Gasteiger partial charge in [0, 0.05) is 35.4 Å². The number of nitriles is 1. The molecule has 0 bridgehead atoms. The van der Waals surface area contributed by atoms with Crippen molar-refractivity contribution in [3.05, 3.63) is 89.0 Å². The molecule has 0 N–H and O–H groups in total. The molecule has 1 fully saturated rings. The quantitative estimate of drug-likeness (QED) is 0.256. The minimum atomic E-state index is -0.448. The lowest BCUT2D eigenvalue weighted by Gasteiger charge is -2.13. The van der Waals surface area contributed by atoms with E-state index in [1.165, 1.54) is 31.2 Å². The number of fused-ring (bicyclic) bond motifs is 3. The van der Waals surface area contributed by atoms with Crippen LogP contribution in [0.3, 0.4) is 0 Å². The smallest absolute Gasteiger partial charge is 0.216 e. The Bertz CT molecular complexity index is 1880. The van der Waals surface area contributed by atoms with Crippen molar-refractivity contribution in [2.24, 2.45) is 7.05 Å². The highest BCUT2D eigenvalue weighted by atomic mass is 16.3. The third-order valence-corrected chi connectivity index (χ3v) is 7.54. The number of pyridine rings is 1. The van der Waals surface area contributed by atoms with Gasteiger partial charge in [-0.15, -0.1) is 0 Å². The third-order valence-electron chi connectivity index (χ3n) is 7.54. The molecule has 0 atom stereocenters. The molecule has 3 aromatic carbocycles. The zero-order valence-corrected chi connectivity index (χ0v) is 20.2. The van der Waals surface area contributed by atoms with E-state index in [1.807, 2.05) is 26.1 Å². The molecule has 0 spiro atoms. The Morgan fingerprint density at radius 1 is 1.00 bits per heavy atom. The van der Waals surface area contributed by atoms with Gasteiger partial charge in [0.1, 0.15) is 18.2 Å². The van der Waals surface area contributed by atoms with Gasteiger partial charge in [-0.3, -0.25) is 0 Å². The molecule has 5 aromatic rings. The molecule has 0 aliphatic heterocycles. The maximum absolute atomic E-state index is 10.0. The van der Waals surface area contributed by atoms with E-state index in [0.29, 0.717) is 33.6 Å². The van der Waals surface area contributed by atoms with Crippen LogP contribution in [0.2, 0.25) is 0 Å². The highest BCUT2D eigenvalue weighted by Crippen LogP contribution is 2.43. The van der Waals surface area contributed by atoms with Crippen LogP contribution in [0, 0.1) is 25.2 Å². The van der Waals surface area contributed by atoms with E-state index in [-0.39, 0.29) is 17.6 Å². The molecule has 6 rings (SSSR count).